The van der Waals surface area contributed by atoms with Crippen molar-refractivity contribution in [2.45, 2.75) is 26.3 Å². The van der Waals surface area contributed by atoms with Crippen molar-refractivity contribution in [2.24, 2.45) is 0 Å². The molecular weight excluding hydrogens is 290 g/mol. The summed E-state index contributed by atoms with van der Waals surface area (Å²) in [5, 5.41) is 2.94. The number of nitrogens with one attached hydrogen (secondary N) is 1. The van der Waals surface area contributed by atoms with Gasteiger partial charge in [-0.1, -0.05) is 30.3 Å². The van der Waals surface area contributed by atoms with Gasteiger partial charge >= 0.3 is 0 Å². The average Bonchev–Trinajstić information content (AvgIpc) is 2.59. The van der Waals surface area contributed by atoms with Gasteiger partial charge in [0.2, 0.25) is 5.91 Å². The zero-order valence-corrected chi connectivity index (χ0v) is 13.9. The molecular formula is C19H23NO3. The second-order valence-corrected chi connectivity index (χ2v) is 5.40. The highest BCUT2D eigenvalue weighted by Gasteiger charge is 2.10. The maximum absolute atomic E-state index is 12.0. The molecule has 23 heavy (non-hydrogen) atoms. The van der Waals surface area contributed by atoms with Crippen LogP contribution in [0.25, 0.3) is 0 Å². The first-order valence-electron chi connectivity index (χ1n) is 7.66. The standard InChI is InChI=1S/C19H23NO3/c1-14-11-18(23-3)16(12-17(14)22-2)13-20-19(21)10-9-15-7-5-4-6-8-15/h4-8,11-12H,9-10,13H2,1-3H3,(H,20,21). The van der Waals surface area contributed by atoms with Crippen LogP contribution in [0.15, 0.2) is 42.5 Å². The van der Waals surface area contributed by atoms with Crippen molar-refractivity contribution in [3.8, 4) is 11.5 Å². The molecule has 2 aromatic carbocycles. The molecule has 0 aliphatic heterocycles. The zero-order valence-electron chi connectivity index (χ0n) is 13.9. The van der Waals surface area contributed by atoms with Crippen LogP contribution in [0, 0.1) is 6.92 Å². The molecule has 122 valence electrons. The third-order valence-corrected chi connectivity index (χ3v) is 3.76. The lowest BCUT2D eigenvalue weighted by molar-refractivity contribution is -0.121. The van der Waals surface area contributed by atoms with Crippen LogP contribution in [0.1, 0.15) is 23.1 Å². The van der Waals surface area contributed by atoms with Crippen molar-refractivity contribution in [3.05, 3.63) is 59.2 Å². The van der Waals surface area contributed by atoms with E-state index in [-0.39, 0.29) is 5.91 Å². The second-order valence-electron chi connectivity index (χ2n) is 5.40. The Kier molecular flexibility index (Phi) is 6.03. The maximum atomic E-state index is 12.0. The fraction of sp³-hybridized carbons (Fsp3) is 0.316. The van der Waals surface area contributed by atoms with Gasteiger partial charge in [0, 0.05) is 18.5 Å². The topological polar surface area (TPSA) is 47.6 Å². The van der Waals surface area contributed by atoms with E-state index in [4.69, 9.17) is 9.47 Å². The van der Waals surface area contributed by atoms with E-state index in [2.05, 4.69) is 5.32 Å². The number of hydrogen-bond acceptors (Lipinski definition) is 3. The molecule has 2 rings (SSSR count). The van der Waals surface area contributed by atoms with Gasteiger partial charge in [-0.2, -0.15) is 0 Å². The third kappa shape index (κ3) is 4.74. The summed E-state index contributed by atoms with van der Waals surface area (Å²) < 4.78 is 10.7. The molecule has 0 atom stereocenters. The third-order valence-electron chi connectivity index (χ3n) is 3.76. The van der Waals surface area contributed by atoms with E-state index >= 15 is 0 Å². The van der Waals surface area contributed by atoms with E-state index in [1.165, 1.54) is 0 Å². The molecule has 0 aliphatic carbocycles. The predicted octanol–water partition coefficient (Wildman–Crippen LogP) is 3.26. The summed E-state index contributed by atoms with van der Waals surface area (Å²) in [4.78, 5) is 12.0. The minimum absolute atomic E-state index is 0.0236. The van der Waals surface area contributed by atoms with Gasteiger partial charge in [0.05, 0.1) is 14.2 Å². The number of amides is 1. The van der Waals surface area contributed by atoms with Gasteiger partial charge in [-0.3, -0.25) is 4.79 Å². The van der Waals surface area contributed by atoms with Crippen LogP contribution in [0.3, 0.4) is 0 Å². The number of aryl methyl sites for hydroxylation is 2. The van der Waals surface area contributed by atoms with Gasteiger partial charge in [0.15, 0.2) is 0 Å². The van der Waals surface area contributed by atoms with Crippen molar-refractivity contribution >= 4 is 5.91 Å². The smallest absolute Gasteiger partial charge is 0.220 e. The lowest BCUT2D eigenvalue weighted by Gasteiger charge is -2.13. The number of carbonyl (C=O) groups excluding carboxylic acids is 1. The van der Waals surface area contributed by atoms with Gasteiger partial charge in [0.25, 0.3) is 0 Å². The van der Waals surface area contributed by atoms with Crippen molar-refractivity contribution in [1.82, 2.24) is 5.32 Å². The second kappa shape index (κ2) is 8.22. The predicted molar refractivity (Wildman–Crippen MR) is 90.9 cm³/mol. The molecule has 0 fully saturated rings. The Morgan fingerprint density at radius 2 is 1.74 bits per heavy atom. The zero-order chi connectivity index (χ0) is 16.7. The molecule has 4 heteroatoms. The van der Waals surface area contributed by atoms with Crippen LogP contribution in [0.2, 0.25) is 0 Å². The number of ether oxygens (including phenoxy) is 2. The summed E-state index contributed by atoms with van der Waals surface area (Å²) in [5.41, 5.74) is 3.07. The lowest BCUT2D eigenvalue weighted by atomic mass is 10.1. The Morgan fingerprint density at radius 3 is 2.39 bits per heavy atom. The van der Waals surface area contributed by atoms with Crippen molar-refractivity contribution in [1.29, 1.82) is 0 Å². The molecule has 0 heterocycles. The molecule has 0 unspecified atom stereocenters. The monoisotopic (exact) mass is 313 g/mol. The molecule has 1 N–H and O–H groups in total. The quantitative estimate of drug-likeness (QED) is 0.853. The molecule has 0 bridgehead atoms. The number of methoxy groups -OCH3 is 2. The van der Waals surface area contributed by atoms with Crippen molar-refractivity contribution in [2.75, 3.05) is 14.2 Å². The highest BCUT2D eigenvalue weighted by Crippen LogP contribution is 2.28. The SMILES string of the molecule is COc1cc(CNC(=O)CCc2ccccc2)c(OC)cc1C. The molecule has 0 radical (unpaired) electrons. The highest BCUT2D eigenvalue weighted by atomic mass is 16.5. The Balaban J connectivity index is 1.93. The molecule has 0 aromatic heterocycles. The van der Waals surface area contributed by atoms with Crippen LogP contribution in [0.5, 0.6) is 11.5 Å². The fourth-order valence-corrected chi connectivity index (χ4v) is 2.44. The largest absolute Gasteiger partial charge is 0.496 e. The van der Waals surface area contributed by atoms with E-state index in [9.17, 15) is 4.79 Å². The summed E-state index contributed by atoms with van der Waals surface area (Å²) in [5.74, 6) is 1.57. The van der Waals surface area contributed by atoms with Crippen LogP contribution in [-0.2, 0) is 17.8 Å². The summed E-state index contributed by atoms with van der Waals surface area (Å²) in [6.07, 6.45) is 1.20. The fourth-order valence-electron chi connectivity index (χ4n) is 2.44. The van der Waals surface area contributed by atoms with Crippen molar-refractivity contribution < 1.29 is 14.3 Å². The molecule has 0 aliphatic rings. The summed E-state index contributed by atoms with van der Waals surface area (Å²) in [6, 6.07) is 13.8. The lowest BCUT2D eigenvalue weighted by Crippen LogP contribution is -2.23. The Labute approximate surface area is 137 Å². The van der Waals surface area contributed by atoms with Crippen molar-refractivity contribution in [3.63, 3.8) is 0 Å². The van der Waals surface area contributed by atoms with E-state index in [1.54, 1.807) is 14.2 Å². The van der Waals surface area contributed by atoms with Crippen LogP contribution >= 0.6 is 0 Å². The minimum Gasteiger partial charge on any atom is -0.496 e. The van der Waals surface area contributed by atoms with Crippen LogP contribution < -0.4 is 14.8 Å². The number of carbonyl (C=O) groups is 1. The first-order chi connectivity index (χ1) is 11.1. The van der Waals surface area contributed by atoms with Gasteiger partial charge in [-0.15, -0.1) is 0 Å². The first kappa shape index (κ1) is 16.9. The van der Waals surface area contributed by atoms with Gasteiger partial charge in [-0.05, 0) is 36.6 Å². The highest BCUT2D eigenvalue weighted by molar-refractivity contribution is 5.76. The molecule has 1 amide bonds. The van der Waals surface area contributed by atoms with Gasteiger partial charge in [-0.25, -0.2) is 0 Å². The molecule has 0 saturated carbocycles. The molecule has 0 saturated heterocycles. The Hall–Kier alpha value is -2.49. The summed E-state index contributed by atoms with van der Waals surface area (Å²) in [7, 11) is 3.26. The minimum atomic E-state index is 0.0236. The normalized spacial score (nSPS) is 10.2. The number of rotatable bonds is 7. The maximum Gasteiger partial charge on any atom is 0.220 e. The van der Waals surface area contributed by atoms with Crippen LogP contribution in [0.4, 0.5) is 0 Å². The molecule has 0 spiro atoms. The number of benzene rings is 2. The molecule has 2 aromatic rings. The Bertz CT molecular complexity index is 653. The van der Waals surface area contributed by atoms with E-state index in [1.807, 2.05) is 49.4 Å². The first-order valence-corrected chi connectivity index (χ1v) is 7.66. The van der Waals surface area contributed by atoms with Crippen LogP contribution in [-0.4, -0.2) is 20.1 Å². The number of hydrogen-bond donors (Lipinski definition) is 1. The summed E-state index contributed by atoms with van der Waals surface area (Å²) >= 11 is 0. The van der Waals surface area contributed by atoms with Gasteiger partial charge < -0.3 is 14.8 Å². The van der Waals surface area contributed by atoms with Gasteiger partial charge in [0.1, 0.15) is 11.5 Å². The van der Waals surface area contributed by atoms with E-state index < -0.39 is 0 Å². The molecule has 4 nitrogen and oxygen atoms in total. The summed E-state index contributed by atoms with van der Waals surface area (Å²) in [6.45, 7) is 2.39. The average molecular weight is 313 g/mol. The van der Waals surface area contributed by atoms with E-state index in [0.717, 1.165) is 34.6 Å². The Morgan fingerprint density at radius 1 is 1.04 bits per heavy atom. The van der Waals surface area contributed by atoms with E-state index in [0.29, 0.717) is 13.0 Å².